The van der Waals surface area contributed by atoms with E-state index in [-0.39, 0.29) is 28.1 Å². The predicted molar refractivity (Wildman–Crippen MR) is 165 cm³/mol. The molecule has 1 aliphatic heterocycles. The van der Waals surface area contributed by atoms with Crippen LogP contribution in [-0.2, 0) is 10.8 Å². The van der Waals surface area contributed by atoms with Crippen molar-refractivity contribution in [1.82, 2.24) is 19.9 Å². The normalized spacial score (nSPS) is 14.3. The van der Waals surface area contributed by atoms with Crippen molar-refractivity contribution >= 4 is 28.5 Å². The van der Waals surface area contributed by atoms with Gasteiger partial charge < -0.3 is 5.73 Å². The maximum atomic E-state index is 13.0. The number of carbonyl (C=O) groups excluding carboxylic acids is 2. The molecular weight excluding hydrogens is 510 g/mol. The minimum Gasteiger partial charge on any atom is -0.397 e. The van der Waals surface area contributed by atoms with Gasteiger partial charge in [0.1, 0.15) is 16.7 Å². The van der Waals surface area contributed by atoms with Gasteiger partial charge in [0.25, 0.3) is 11.8 Å². The highest BCUT2D eigenvalue weighted by Crippen LogP contribution is 2.43. The molecule has 0 bridgehead atoms. The van der Waals surface area contributed by atoms with Crippen LogP contribution in [0.4, 0.5) is 5.69 Å². The number of nitrogens with two attached hydrogens (primary N) is 1. The standard InChI is InChI=1S/C34H41N5O2/c1-9-15-38-30(40)23-18-26-27(19-24(23)31(38)41)37-39(36-26)28-17-22(33(5,6)20-32(2,3)4)16-25(29(28)35)34(7,8)21-13-11-10-12-14-21/h10-14,16-19H,9,15,20,35H2,1-8H3. The number of nitrogens with zero attached hydrogens (tertiary/aromatic N) is 4. The Morgan fingerprint density at radius 3 is 1.85 bits per heavy atom. The van der Waals surface area contributed by atoms with Crippen molar-refractivity contribution in [1.29, 1.82) is 0 Å². The van der Waals surface area contributed by atoms with E-state index in [2.05, 4.69) is 72.7 Å². The zero-order valence-corrected chi connectivity index (χ0v) is 25.5. The molecule has 214 valence electrons. The summed E-state index contributed by atoms with van der Waals surface area (Å²) < 4.78 is 0. The van der Waals surface area contributed by atoms with E-state index in [4.69, 9.17) is 15.9 Å². The number of rotatable bonds is 7. The lowest BCUT2D eigenvalue weighted by atomic mass is 9.70. The van der Waals surface area contributed by atoms with Crippen LogP contribution in [0.3, 0.4) is 0 Å². The van der Waals surface area contributed by atoms with Gasteiger partial charge in [-0.05, 0) is 58.6 Å². The van der Waals surface area contributed by atoms with Crippen molar-refractivity contribution < 1.29 is 9.59 Å². The summed E-state index contributed by atoms with van der Waals surface area (Å²) in [6, 6.07) is 18.1. The molecule has 2 N–H and O–H groups in total. The van der Waals surface area contributed by atoms with Crippen molar-refractivity contribution in [2.24, 2.45) is 5.41 Å². The summed E-state index contributed by atoms with van der Waals surface area (Å²) in [6.07, 6.45) is 1.67. The SMILES string of the molecule is CCCN1C(=O)c2cc3nn(-c4cc(C(C)(C)CC(C)(C)C)cc(C(C)(C)c5ccccc5)c4N)nc3cc2C1=O. The van der Waals surface area contributed by atoms with Gasteiger partial charge in [-0.1, -0.05) is 91.8 Å². The molecule has 7 nitrogen and oxygen atoms in total. The minimum atomic E-state index is -0.386. The number of hydrogen-bond donors (Lipinski definition) is 1. The molecule has 2 heterocycles. The first-order valence-corrected chi connectivity index (χ1v) is 14.4. The van der Waals surface area contributed by atoms with Crippen LogP contribution in [0.5, 0.6) is 0 Å². The van der Waals surface area contributed by atoms with Gasteiger partial charge >= 0.3 is 0 Å². The maximum absolute atomic E-state index is 13.0. The molecule has 7 heteroatoms. The summed E-state index contributed by atoms with van der Waals surface area (Å²) in [5.74, 6) is -0.554. The third-order valence-electron chi connectivity index (χ3n) is 8.21. The van der Waals surface area contributed by atoms with Crippen LogP contribution in [-0.4, -0.2) is 38.3 Å². The summed E-state index contributed by atoms with van der Waals surface area (Å²) in [5.41, 5.74) is 13.0. The Morgan fingerprint density at radius 2 is 1.34 bits per heavy atom. The Kier molecular flexibility index (Phi) is 6.84. The van der Waals surface area contributed by atoms with Gasteiger partial charge in [0.05, 0.1) is 16.8 Å². The van der Waals surface area contributed by atoms with Gasteiger partial charge in [0.15, 0.2) is 0 Å². The van der Waals surface area contributed by atoms with E-state index in [1.807, 2.05) is 25.1 Å². The van der Waals surface area contributed by atoms with Gasteiger partial charge in [-0.25, -0.2) is 0 Å². The first-order chi connectivity index (χ1) is 19.1. The number of imide groups is 1. The zero-order valence-electron chi connectivity index (χ0n) is 25.5. The molecule has 41 heavy (non-hydrogen) atoms. The number of hydrogen-bond acceptors (Lipinski definition) is 5. The number of aromatic nitrogens is 3. The first-order valence-electron chi connectivity index (χ1n) is 14.4. The lowest BCUT2D eigenvalue weighted by Crippen LogP contribution is -2.30. The molecule has 0 spiro atoms. The third-order valence-corrected chi connectivity index (χ3v) is 8.21. The highest BCUT2D eigenvalue weighted by Gasteiger charge is 2.36. The topological polar surface area (TPSA) is 94.1 Å². The highest BCUT2D eigenvalue weighted by molar-refractivity contribution is 6.22. The van der Waals surface area contributed by atoms with Crippen LogP contribution < -0.4 is 5.73 Å². The summed E-state index contributed by atoms with van der Waals surface area (Å²) in [6.45, 7) is 18.0. The number of benzene rings is 3. The van der Waals surface area contributed by atoms with Crippen molar-refractivity contribution in [3.8, 4) is 5.69 Å². The quantitative estimate of drug-likeness (QED) is 0.196. The average Bonchev–Trinajstić information content (AvgIpc) is 3.41. The van der Waals surface area contributed by atoms with Crippen molar-refractivity contribution in [3.05, 3.63) is 82.4 Å². The number of fused-ring (bicyclic) bond motifs is 2. The molecule has 0 unspecified atom stereocenters. The number of amides is 2. The Hall–Kier alpha value is -4.00. The van der Waals surface area contributed by atoms with Gasteiger partial charge in [-0.2, -0.15) is 0 Å². The van der Waals surface area contributed by atoms with E-state index in [0.717, 1.165) is 23.1 Å². The maximum Gasteiger partial charge on any atom is 0.261 e. The molecule has 0 saturated carbocycles. The molecule has 5 rings (SSSR count). The van der Waals surface area contributed by atoms with Gasteiger partial charge in [-0.3, -0.25) is 14.5 Å². The monoisotopic (exact) mass is 551 g/mol. The second-order valence-electron chi connectivity index (χ2n) is 13.7. The third kappa shape index (κ3) is 5.03. The van der Waals surface area contributed by atoms with E-state index in [1.54, 1.807) is 16.9 Å². The molecule has 1 aliphatic rings. The van der Waals surface area contributed by atoms with E-state index < -0.39 is 0 Å². The van der Waals surface area contributed by atoms with Crippen LogP contribution in [0.15, 0.2) is 54.6 Å². The van der Waals surface area contributed by atoms with Crippen LogP contribution in [0.2, 0.25) is 0 Å². The molecule has 1 aromatic heterocycles. The lowest BCUT2D eigenvalue weighted by Gasteiger charge is -2.35. The molecule has 0 fully saturated rings. The summed E-state index contributed by atoms with van der Waals surface area (Å²) in [5, 5.41) is 9.58. The summed E-state index contributed by atoms with van der Waals surface area (Å²) in [4.78, 5) is 28.8. The smallest absolute Gasteiger partial charge is 0.261 e. The Bertz CT molecular complexity index is 1610. The fourth-order valence-electron chi connectivity index (χ4n) is 6.38. The zero-order chi connectivity index (χ0) is 29.9. The Balaban J connectivity index is 1.70. The van der Waals surface area contributed by atoms with E-state index in [1.165, 1.54) is 4.90 Å². The largest absolute Gasteiger partial charge is 0.397 e. The molecule has 3 aromatic carbocycles. The Labute approximate surface area is 242 Å². The average molecular weight is 552 g/mol. The highest BCUT2D eigenvalue weighted by atomic mass is 16.2. The molecule has 0 radical (unpaired) electrons. The molecule has 4 aromatic rings. The van der Waals surface area contributed by atoms with Crippen molar-refractivity contribution in [3.63, 3.8) is 0 Å². The molecule has 0 aliphatic carbocycles. The van der Waals surface area contributed by atoms with Crippen LogP contribution in [0.25, 0.3) is 16.7 Å². The Morgan fingerprint density at radius 1 is 0.780 bits per heavy atom. The number of carbonyl (C=O) groups is 2. The molecule has 2 amide bonds. The van der Waals surface area contributed by atoms with E-state index in [0.29, 0.717) is 46.5 Å². The van der Waals surface area contributed by atoms with E-state index >= 15 is 0 Å². The van der Waals surface area contributed by atoms with Crippen molar-refractivity contribution in [2.75, 3.05) is 12.3 Å². The molecular formula is C34H41N5O2. The summed E-state index contributed by atoms with van der Waals surface area (Å²) >= 11 is 0. The van der Waals surface area contributed by atoms with Crippen LogP contribution >= 0.6 is 0 Å². The summed E-state index contributed by atoms with van der Waals surface area (Å²) in [7, 11) is 0. The predicted octanol–water partition coefficient (Wildman–Crippen LogP) is 7.05. The van der Waals surface area contributed by atoms with E-state index in [9.17, 15) is 9.59 Å². The fraction of sp³-hybridized carbons (Fsp3) is 0.412. The van der Waals surface area contributed by atoms with Crippen LogP contribution in [0, 0.1) is 5.41 Å². The van der Waals surface area contributed by atoms with Gasteiger partial charge in [0.2, 0.25) is 0 Å². The lowest BCUT2D eigenvalue weighted by molar-refractivity contribution is 0.0654. The first kappa shape index (κ1) is 28.5. The minimum absolute atomic E-state index is 0.115. The molecule has 0 saturated heterocycles. The number of nitrogen functional groups attached to an aromatic ring is 1. The van der Waals surface area contributed by atoms with Crippen molar-refractivity contribution in [2.45, 2.75) is 79.1 Å². The second kappa shape index (κ2) is 9.82. The number of anilines is 1. The molecule has 0 atom stereocenters. The van der Waals surface area contributed by atoms with Crippen LogP contribution in [0.1, 0.15) is 106 Å². The van der Waals surface area contributed by atoms with Gasteiger partial charge in [0, 0.05) is 12.0 Å². The van der Waals surface area contributed by atoms with Gasteiger partial charge in [-0.15, -0.1) is 15.0 Å². The fourth-order valence-corrected chi connectivity index (χ4v) is 6.38. The second-order valence-corrected chi connectivity index (χ2v) is 13.7.